The number of aromatic nitrogens is 4. The molecule has 0 fully saturated rings. The molecule has 0 saturated carbocycles. The van der Waals surface area contributed by atoms with E-state index in [0.29, 0.717) is 5.69 Å². The van der Waals surface area contributed by atoms with Crippen molar-refractivity contribution in [3.05, 3.63) is 94.2 Å². The van der Waals surface area contributed by atoms with Crippen LogP contribution in [0.25, 0.3) is 16.8 Å². The fourth-order valence-corrected chi connectivity index (χ4v) is 3.36. The zero-order valence-corrected chi connectivity index (χ0v) is 16.7. The standard InChI is InChI=1S/C23H21FN4O2/c1-3-16-10-7-11-21(28-23(29)27(2)25-26-28)19(16)15-30-22-13-12-18(14-20(22)24)17-8-5-4-6-9-17/h4-14H,3,15H2,1-2H3. The first-order valence-electron chi connectivity index (χ1n) is 9.66. The van der Waals surface area contributed by atoms with Crippen molar-refractivity contribution in [3.8, 4) is 22.6 Å². The van der Waals surface area contributed by atoms with Crippen molar-refractivity contribution in [2.24, 2.45) is 7.05 Å². The molecule has 0 unspecified atom stereocenters. The van der Waals surface area contributed by atoms with E-state index in [1.54, 1.807) is 12.1 Å². The van der Waals surface area contributed by atoms with Crippen molar-refractivity contribution >= 4 is 0 Å². The van der Waals surface area contributed by atoms with Gasteiger partial charge in [0.2, 0.25) is 0 Å². The highest BCUT2D eigenvalue weighted by atomic mass is 19.1. The van der Waals surface area contributed by atoms with E-state index >= 15 is 0 Å². The van der Waals surface area contributed by atoms with Crippen LogP contribution < -0.4 is 10.4 Å². The Hall–Kier alpha value is -3.74. The molecule has 0 saturated heterocycles. The molecule has 0 atom stereocenters. The van der Waals surface area contributed by atoms with E-state index in [4.69, 9.17) is 4.74 Å². The largest absolute Gasteiger partial charge is 0.486 e. The van der Waals surface area contributed by atoms with Crippen LogP contribution in [0.1, 0.15) is 18.1 Å². The predicted molar refractivity (Wildman–Crippen MR) is 112 cm³/mol. The number of ether oxygens (including phenoxy) is 1. The molecular formula is C23H21FN4O2. The summed E-state index contributed by atoms with van der Waals surface area (Å²) in [5.74, 6) is -0.290. The molecule has 0 aliphatic carbocycles. The minimum atomic E-state index is -0.441. The van der Waals surface area contributed by atoms with Crippen LogP contribution in [0.3, 0.4) is 0 Å². The smallest absolute Gasteiger partial charge is 0.368 e. The van der Waals surface area contributed by atoms with Gasteiger partial charge in [-0.15, -0.1) is 0 Å². The Balaban J connectivity index is 1.64. The molecule has 7 heteroatoms. The maximum atomic E-state index is 14.7. The minimum Gasteiger partial charge on any atom is -0.486 e. The molecule has 30 heavy (non-hydrogen) atoms. The molecule has 1 heterocycles. The summed E-state index contributed by atoms with van der Waals surface area (Å²) in [7, 11) is 1.54. The summed E-state index contributed by atoms with van der Waals surface area (Å²) in [6.45, 7) is 2.11. The molecule has 6 nitrogen and oxygen atoms in total. The van der Waals surface area contributed by atoms with E-state index in [9.17, 15) is 9.18 Å². The van der Waals surface area contributed by atoms with E-state index in [2.05, 4.69) is 10.4 Å². The third-order valence-electron chi connectivity index (χ3n) is 4.99. The number of tetrazole rings is 1. The van der Waals surface area contributed by atoms with Gasteiger partial charge in [0.05, 0.1) is 5.69 Å². The second-order valence-electron chi connectivity index (χ2n) is 6.87. The second-order valence-corrected chi connectivity index (χ2v) is 6.87. The normalized spacial score (nSPS) is 10.9. The molecule has 3 aromatic carbocycles. The van der Waals surface area contributed by atoms with Gasteiger partial charge in [-0.05, 0) is 51.7 Å². The van der Waals surface area contributed by atoms with Gasteiger partial charge in [-0.3, -0.25) is 0 Å². The van der Waals surface area contributed by atoms with Crippen molar-refractivity contribution in [2.45, 2.75) is 20.0 Å². The van der Waals surface area contributed by atoms with Crippen LogP contribution in [0.2, 0.25) is 0 Å². The SMILES string of the molecule is CCc1cccc(-n2nnn(C)c2=O)c1COc1ccc(-c2ccccc2)cc1F. The predicted octanol–water partition coefficient (Wildman–Crippen LogP) is 3.91. The van der Waals surface area contributed by atoms with Gasteiger partial charge in [-0.2, -0.15) is 9.36 Å². The third kappa shape index (κ3) is 3.74. The van der Waals surface area contributed by atoms with Gasteiger partial charge in [0.1, 0.15) is 6.61 Å². The van der Waals surface area contributed by atoms with E-state index in [-0.39, 0.29) is 18.0 Å². The minimum absolute atomic E-state index is 0.101. The van der Waals surface area contributed by atoms with Crippen molar-refractivity contribution in [2.75, 3.05) is 0 Å². The Labute approximate surface area is 173 Å². The summed E-state index contributed by atoms with van der Waals surface area (Å²) in [4.78, 5) is 12.3. The van der Waals surface area contributed by atoms with Crippen LogP contribution >= 0.6 is 0 Å². The highest BCUT2D eigenvalue weighted by Gasteiger charge is 2.15. The van der Waals surface area contributed by atoms with Crippen molar-refractivity contribution in [1.82, 2.24) is 19.8 Å². The average molecular weight is 404 g/mol. The molecule has 4 aromatic rings. The van der Waals surface area contributed by atoms with E-state index in [1.165, 1.54) is 17.8 Å². The number of hydrogen-bond acceptors (Lipinski definition) is 4. The van der Waals surface area contributed by atoms with E-state index in [1.807, 2.05) is 55.5 Å². The maximum absolute atomic E-state index is 14.7. The molecule has 0 aliphatic heterocycles. The van der Waals surface area contributed by atoms with Crippen LogP contribution in [0, 0.1) is 5.82 Å². The summed E-state index contributed by atoms with van der Waals surface area (Å²) >= 11 is 0. The lowest BCUT2D eigenvalue weighted by atomic mass is 10.0. The number of halogens is 1. The van der Waals surface area contributed by atoms with Crippen LogP contribution in [-0.4, -0.2) is 19.8 Å². The zero-order valence-electron chi connectivity index (χ0n) is 16.7. The van der Waals surface area contributed by atoms with Crippen LogP contribution in [0.4, 0.5) is 4.39 Å². The lowest BCUT2D eigenvalue weighted by Crippen LogP contribution is -2.23. The van der Waals surface area contributed by atoms with E-state index in [0.717, 1.165) is 33.4 Å². The molecular weight excluding hydrogens is 383 g/mol. The van der Waals surface area contributed by atoms with Crippen LogP contribution in [-0.2, 0) is 20.1 Å². The van der Waals surface area contributed by atoms with Crippen molar-refractivity contribution in [3.63, 3.8) is 0 Å². The summed E-state index contributed by atoms with van der Waals surface area (Å²) in [5.41, 5.74) is 3.70. The molecule has 0 spiro atoms. The fraction of sp³-hybridized carbons (Fsp3) is 0.174. The molecule has 4 rings (SSSR count). The van der Waals surface area contributed by atoms with Gasteiger partial charge in [0.25, 0.3) is 0 Å². The Kier molecular flexibility index (Phi) is 5.43. The maximum Gasteiger partial charge on any atom is 0.368 e. The molecule has 0 aliphatic rings. The average Bonchev–Trinajstić information content (AvgIpc) is 3.11. The highest BCUT2D eigenvalue weighted by molar-refractivity contribution is 5.64. The third-order valence-corrected chi connectivity index (χ3v) is 4.99. The van der Waals surface area contributed by atoms with Gasteiger partial charge < -0.3 is 4.74 Å². The second kappa shape index (κ2) is 8.32. The van der Waals surface area contributed by atoms with Crippen molar-refractivity contribution in [1.29, 1.82) is 0 Å². The number of nitrogens with zero attached hydrogens (tertiary/aromatic N) is 4. The quantitative estimate of drug-likeness (QED) is 0.489. The fourth-order valence-electron chi connectivity index (χ4n) is 3.36. The first-order valence-corrected chi connectivity index (χ1v) is 9.66. The van der Waals surface area contributed by atoms with Gasteiger partial charge in [0.15, 0.2) is 11.6 Å². The first kappa shape index (κ1) is 19.6. The molecule has 0 amide bonds. The number of benzene rings is 3. The Bertz CT molecular complexity index is 1230. The summed E-state index contributed by atoms with van der Waals surface area (Å²) in [5, 5.41) is 7.70. The summed E-state index contributed by atoms with van der Waals surface area (Å²) in [6, 6.07) is 20.1. The molecule has 0 N–H and O–H groups in total. The van der Waals surface area contributed by atoms with E-state index < -0.39 is 5.82 Å². The van der Waals surface area contributed by atoms with Crippen molar-refractivity contribution < 1.29 is 9.13 Å². The van der Waals surface area contributed by atoms with Crippen LogP contribution in [0.15, 0.2) is 71.5 Å². The highest BCUT2D eigenvalue weighted by Crippen LogP contribution is 2.27. The lowest BCUT2D eigenvalue weighted by Gasteiger charge is -2.15. The molecule has 152 valence electrons. The van der Waals surface area contributed by atoms with Gasteiger partial charge in [0, 0.05) is 12.6 Å². The van der Waals surface area contributed by atoms with Crippen LogP contribution in [0.5, 0.6) is 5.75 Å². The summed E-state index contributed by atoms with van der Waals surface area (Å²) in [6.07, 6.45) is 0.733. The topological polar surface area (TPSA) is 61.9 Å². The Morgan fingerprint density at radius 2 is 1.77 bits per heavy atom. The van der Waals surface area contributed by atoms with Gasteiger partial charge in [-0.25, -0.2) is 9.18 Å². The molecule has 1 aromatic heterocycles. The number of rotatable bonds is 6. The Morgan fingerprint density at radius 1 is 0.967 bits per heavy atom. The summed E-state index contributed by atoms with van der Waals surface area (Å²) < 4.78 is 22.9. The van der Waals surface area contributed by atoms with Gasteiger partial charge >= 0.3 is 5.69 Å². The first-order chi connectivity index (χ1) is 14.6. The lowest BCUT2D eigenvalue weighted by molar-refractivity contribution is 0.289. The monoisotopic (exact) mass is 404 g/mol. The zero-order chi connectivity index (χ0) is 21.1. The number of hydrogen-bond donors (Lipinski definition) is 0. The Morgan fingerprint density at radius 3 is 2.43 bits per heavy atom. The number of aryl methyl sites for hydroxylation is 2. The molecule has 0 bridgehead atoms. The van der Waals surface area contributed by atoms with Gasteiger partial charge in [-0.1, -0.05) is 55.5 Å². The molecule has 0 radical (unpaired) electrons.